The van der Waals surface area contributed by atoms with E-state index in [0.717, 1.165) is 0 Å². The lowest BCUT2D eigenvalue weighted by Gasteiger charge is -2.26. The SMILES string of the molecule is Cc1c(C(F)(F)F)c(C(F)(F)F)c(F)c(C(F)(F)F)c1C(F)(F)F. The van der Waals surface area contributed by atoms with Crippen molar-refractivity contribution in [3.8, 4) is 0 Å². The van der Waals surface area contributed by atoms with Gasteiger partial charge in [-0.1, -0.05) is 0 Å². The van der Waals surface area contributed by atoms with Gasteiger partial charge in [0.1, 0.15) is 16.9 Å². The molecule has 138 valence electrons. The van der Waals surface area contributed by atoms with Gasteiger partial charge in [-0.05, 0) is 12.5 Å². The molecule has 0 N–H and O–H groups in total. The minimum atomic E-state index is -6.32. The number of halogens is 13. The van der Waals surface area contributed by atoms with Crippen LogP contribution in [-0.4, -0.2) is 0 Å². The molecule has 1 aromatic rings. The van der Waals surface area contributed by atoms with Crippen molar-refractivity contribution in [3.63, 3.8) is 0 Å². The molecule has 0 heterocycles. The van der Waals surface area contributed by atoms with E-state index in [1.807, 2.05) is 0 Å². The van der Waals surface area contributed by atoms with E-state index in [1.54, 1.807) is 0 Å². The molecule has 1 rings (SSSR count). The molecule has 0 aliphatic heterocycles. The maximum Gasteiger partial charge on any atom is 0.419 e. The molecule has 0 unspecified atom stereocenters. The summed E-state index contributed by atoms with van der Waals surface area (Å²) in [5.41, 5.74) is -15.6. The molecule has 0 bridgehead atoms. The number of rotatable bonds is 0. The van der Waals surface area contributed by atoms with Crippen LogP contribution in [0.25, 0.3) is 0 Å². The predicted octanol–water partition coefficient (Wildman–Crippen LogP) is 6.21. The minimum absolute atomic E-state index is 0.241. The lowest BCUT2D eigenvalue weighted by atomic mass is 9.90. The third-order valence-electron chi connectivity index (χ3n) is 2.82. The van der Waals surface area contributed by atoms with Gasteiger partial charge in [0.05, 0.1) is 11.1 Å². The van der Waals surface area contributed by atoms with Crippen LogP contribution in [0.4, 0.5) is 57.1 Å². The monoisotopic (exact) mass is 382 g/mol. The Morgan fingerprint density at radius 1 is 0.458 bits per heavy atom. The quantitative estimate of drug-likeness (QED) is 0.468. The molecule has 0 spiro atoms. The van der Waals surface area contributed by atoms with Crippen molar-refractivity contribution in [3.05, 3.63) is 33.6 Å². The second-order valence-corrected chi connectivity index (χ2v) is 4.43. The lowest BCUT2D eigenvalue weighted by Crippen LogP contribution is -2.28. The van der Waals surface area contributed by atoms with Crippen LogP contribution in [0.5, 0.6) is 0 Å². The first-order chi connectivity index (χ1) is 10.3. The van der Waals surface area contributed by atoms with Gasteiger partial charge in [0, 0.05) is 0 Å². The van der Waals surface area contributed by atoms with Crippen LogP contribution in [-0.2, 0) is 24.7 Å². The summed E-state index contributed by atoms with van der Waals surface area (Å²) in [4.78, 5) is 0. The van der Waals surface area contributed by atoms with E-state index in [4.69, 9.17) is 0 Å². The van der Waals surface area contributed by atoms with Crippen molar-refractivity contribution < 1.29 is 57.1 Å². The molecule has 0 fully saturated rings. The summed E-state index contributed by atoms with van der Waals surface area (Å²) < 4.78 is 166. The number of benzene rings is 1. The van der Waals surface area contributed by atoms with Crippen molar-refractivity contribution >= 4 is 0 Å². The molecule has 24 heavy (non-hydrogen) atoms. The summed E-state index contributed by atoms with van der Waals surface area (Å²) in [5, 5.41) is 0. The highest BCUT2D eigenvalue weighted by atomic mass is 19.4. The third-order valence-corrected chi connectivity index (χ3v) is 2.82. The normalized spacial score (nSPS) is 14.2. The largest absolute Gasteiger partial charge is 0.419 e. The van der Waals surface area contributed by atoms with Crippen LogP contribution in [0.2, 0.25) is 0 Å². The van der Waals surface area contributed by atoms with Crippen LogP contribution in [0.3, 0.4) is 0 Å². The van der Waals surface area contributed by atoms with Gasteiger partial charge in [0.2, 0.25) is 0 Å². The summed E-state index contributed by atoms with van der Waals surface area (Å²) in [6, 6.07) is 0. The van der Waals surface area contributed by atoms with Crippen LogP contribution in [0, 0.1) is 12.7 Å². The second kappa shape index (κ2) is 5.41. The molecule has 0 amide bonds. The fourth-order valence-electron chi connectivity index (χ4n) is 2.09. The third kappa shape index (κ3) is 3.53. The Balaban J connectivity index is 4.28. The standard InChI is InChI=1S/C11H3F13/c1-2-3(8(13,14)15)5(10(19,20)21)7(12)6(11(22,23)24)4(2)9(16,17)18/h1H3. The predicted molar refractivity (Wildman–Crippen MR) is 51.1 cm³/mol. The number of hydrogen-bond donors (Lipinski definition) is 0. The minimum Gasteiger partial charge on any atom is -0.206 e. The Bertz CT molecular complexity index is 528. The lowest BCUT2D eigenvalue weighted by molar-refractivity contribution is -0.175. The fourth-order valence-corrected chi connectivity index (χ4v) is 2.09. The molecule has 0 aliphatic rings. The van der Waals surface area contributed by atoms with E-state index < -0.39 is 58.3 Å². The maximum absolute atomic E-state index is 13.6. The zero-order chi connectivity index (χ0) is 19.5. The van der Waals surface area contributed by atoms with Crippen molar-refractivity contribution in [1.29, 1.82) is 0 Å². The van der Waals surface area contributed by atoms with E-state index in [9.17, 15) is 57.1 Å². The van der Waals surface area contributed by atoms with E-state index in [-0.39, 0.29) is 6.92 Å². The Kier molecular flexibility index (Phi) is 4.59. The van der Waals surface area contributed by atoms with Gasteiger partial charge < -0.3 is 0 Å². The van der Waals surface area contributed by atoms with E-state index in [0.29, 0.717) is 0 Å². The molecule has 1 aromatic carbocycles. The highest BCUT2D eigenvalue weighted by Gasteiger charge is 2.55. The summed E-state index contributed by atoms with van der Waals surface area (Å²) in [5.74, 6) is -3.68. The van der Waals surface area contributed by atoms with Crippen molar-refractivity contribution in [2.45, 2.75) is 31.6 Å². The van der Waals surface area contributed by atoms with Gasteiger partial charge in [-0.15, -0.1) is 0 Å². The zero-order valence-electron chi connectivity index (χ0n) is 10.9. The van der Waals surface area contributed by atoms with Gasteiger partial charge in [-0.25, -0.2) is 4.39 Å². The van der Waals surface area contributed by atoms with Gasteiger partial charge in [-0.2, -0.15) is 52.7 Å². The molecular weight excluding hydrogens is 379 g/mol. The van der Waals surface area contributed by atoms with E-state index in [2.05, 4.69) is 0 Å². The van der Waals surface area contributed by atoms with Gasteiger partial charge in [0.25, 0.3) is 0 Å². The first-order valence-electron chi connectivity index (χ1n) is 5.46. The first-order valence-corrected chi connectivity index (χ1v) is 5.46. The molecule has 0 radical (unpaired) electrons. The van der Waals surface area contributed by atoms with E-state index >= 15 is 0 Å². The maximum atomic E-state index is 13.6. The average Bonchev–Trinajstić information content (AvgIpc) is 2.24. The van der Waals surface area contributed by atoms with Crippen molar-refractivity contribution in [1.82, 2.24) is 0 Å². The van der Waals surface area contributed by atoms with Crippen LogP contribution in [0.15, 0.2) is 0 Å². The van der Waals surface area contributed by atoms with Crippen LogP contribution >= 0.6 is 0 Å². The Hall–Kier alpha value is -1.69. The Labute approximate surface area is 123 Å². The fraction of sp³-hybridized carbons (Fsp3) is 0.455. The molecule has 13 heteroatoms. The molecule has 0 saturated carbocycles. The summed E-state index contributed by atoms with van der Waals surface area (Å²) >= 11 is 0. The van der Waals surface area contributed by atoms with E-state index in [1.165, 1.54) is 0 Å². The first kappa shape index (κ1) is 20.4. The molecule has 0 saturated heterocycles. The topological polar surface area (TPSA) is 0 Å². The van der Waals surface area contributed by atoms with Crippen LogP contribution in [0.1, 0.15) is 27.8 Å². The summed E-state index contributed by atoms with van der Waals surface area (Å²) in [6.45, 7) is -0.241. The molecular formula is C11H3F13. The molecule has 0 atom stereocenters. The van der Waals surface area contributed by atoms with Crippen LogP contribution < -0.4 is 0 Å². The van der Waals surface area contributed by atoms with Crippen molar-refractivity contribution in [2.24, 2.45) is 0 Å². The number of hydrogen-bond acceptors (Lipinski definition) is 0. The second-order valence-electron chi connectivity index (χ2n) is 4.43. The Morgan fingerprint density at radius 3 is 0.833 bits per heavy atom. The highest BCUT2D eigenvalue weighted by Crippen LogP contribution is 2.51. The number of alkyl halides is 12. The molecule has 0 aliphatic carbocycles. The van der Waals surface area contributed by atoms with Gasteiger partial charge >= 0.3 is 24.7 Å². The molecule has 0 nitrogen and oxygen atoms in total. The van der Waals surface area contributed by atoms with Crippen molar-refractivity contribution in [2.75, 3.05) is 0 Å². The molecule has 0 aromatic heterocycles. The average molecular weight is 382 g/mol. The Morgan fingerprint density at radius 2 is 0.667 bits per heavy atom. The highest BCUT2D eigenvalue weighted by molar-refractivity contribution is 5.51. The zero-order valence-corrected chi connectivity index (χ0v) is 10.9. The summed E-state index contributed by atoms with van der Waals surface area (Å²) in [6.07, 6.45) is -25.0. The van der Waals surface area contributed by atoms with Gasteiger partial charge in [0.15, 0.2) is 0 Å². The summed E-state index contributed by atoms with van der Waals surface area (Å²) in [7, 11) is 0. The smallest absolute Gasteiger partial charge is 0.206 e. The van der Waals surface area contributed by atoms with Gasteiger partial charge in [-0.3, -0.25) is 0 Å².